The van der Waals surface area contributed by atoms with Crippen molar-refractivity contribution < 1.29 is 4.79 Å². The molecular formula is C19H26N4O. The van der Waals surface area contributed by atoms with Gasteiger partial charge in [-0.05, 0) is 43.3 Å². The number of carbonyl (C=O) groups is 1. The zero-order valence-corrected chi connectivity index (χ0v) is 14.6. The molecule has 2 heterocycles. The molecule has 5 heteroatoms. The number of fused-ring (bicyclic) bond motifs is 1. The summed E-state index contributed by atoms with van der Waals surface area (Å²) in [7, 11) is 3.64. The van der Waals surface area contributed by atoms with Crippen molar-refractivity contribution in [2.75, 3.05) is 46.8 Å². The van der Waals surface area contributed by atoms with Crippen molar-refractivity contribution in [2.45, 2.75) is 13.0 Å². The van der Waals surface area contributed by atoms with E-state index in [0.717, 1.165) is 44.7 Å². The predicted molar refractivity (Wildman–Crippen MR) is 96.8 cm³/mol. The average molecular weight is 326 g/mol. The molecule has 0 unspecified atom stereocenters. The standard InChI is InChI=1S/C19H26N4O/c1-21(2)19(24)15-23-10-4-9-22(11-12-23)14-16-6-7-18-17(13-16)5-3-8-20-18/h3,5-8,13H,4,9-12,14-15H2,1-2H3. The molecule has 2 aromatic rings. The SMILES string of the molecule is CN(C)C(=O)CN1CCCN(Cc2ccc3ncccc3c2)CC1. The Balaban J connectivity index is 1.58. The molecule has 0 spiro atoms. The fraction of sp³-hybridized carbons (Fsp3) is 0.474. The second-order valence-corrected chi connectivity index (χ2v) is 6.72. The Morgan fingerprint density at radius 3 is 2.75 bits per heavy atom. The maximum Gasteiger partial charge on any atom is 0.236 e. The first kappa shape index (κ1) is 16.9. The van der Waals surface area contributed by atoms with Crippen LogP contribution < -0.4 is 0 Å². The van der Waals surface area contributed by atoms with Crippen LogP contribution in [0, 0.1) is 0 Å². The van der Waals surface area contributed by atoms with E-state index in [1.165, 1.54) is 10.9 Å². The number of aromatic nitrogens is 1. The highest BCUT2D eigenvalue weighted by molar-refractivity contribution is 5.79. The van der Waals surface area contributed by atoms with E-state index in [0.29, 0.717) is 6.54 Å². The summed E-state index contributed by atoms with van der Waals surface area (Å²) in [5.74, 6) is 0.186. The van der Waals surface area contributed by atoms with Crippen LogP contribution in [0.25, 0.3) is 10.9 Å². The Labute approximate surface area is 143 Å². The number of nitrogens with zero attached hydrogens (tertiary/aromatic N) is 4. The smallest absolute Gasteiger partial charge is 0.236 e. The summed E-state index contributed by atoms with van der Waals surface area (Å²) in [5, 5.41) is 1.20. The average Bonchev–Trinajstić information content (AvgIpc) is 2.80. The van der Waals surface area contributed by atoms with Crippen molar-refractivity contribution in [3.05, 3.63) is 42.1 Å². The lowest BCUT2D eigenvalue weighted by Crippen LogP contribution is -2.38. The molecule has 5 nitrogen and oxygen atoms in total. The van der Waals surface area contributed by atoms with Crippen molar-refractivity contribution >= 4 is 16.8 Å². The monoisotopic (exact) mass is 326 g/mol. The number of hydrogen-bond donors (Lipinski definition) is 0. The van der Waals surface area contributed by atoms with Gasteiger partial charge in [-0.25, -0.2) is 0 Å². The van der Waals surface area contributed by atoms with Crippen molar-refractivity contribution in [2.24, 2.45) is 0 Å². The Morgan fingerprint density at radius 2 is 1.92 bits per heavy atom. The molecule has 1 aliphatic rings. The van der Waals surface area contributed by atoms with Gasteiger partial charge in [0.1, 0.15) is 0 Å². The molecule has 3 rings (SSSR count). The van der Waals surface area contributed by atoms with Crippen LogP contribution in [0.5, 0.6) is 0 Å². The first-order valence-corrected chi connectivity index (χ1v) is 8.60. The van der Waals surface area contributed by atoms with E-state index in [1.54, 1.807) is 4.90 Å². The van der Waals surface area contributed by atoms with Gasteiger partial charge in [0, 0.05) is 45.3 Å². The third kappa shape index (κ3) is 4.30. The highest BCUT2D eigenvalue weighted by Gasteiger charge is 2.18. The fourth-order valence-electron chi connectivity index (χ4n) is 3.15. The van der Waals surface area contributed by atoms with Gasteiger partial charge < -0.3 is 4.90 Å². The lowest BCUT2D eigenvalue weighted by molar-refractivity contribution is -0.129. The first-order chi connectivity index (χ1) is 11.6. The molecule has 0 aliphatic carbocycles. The quantitative estimate of drug-likeness (QED) is 0.859. The van der Waals surface area contributed by atoms with Gasteiger partial charge in [-0.1, -0.05) is 12.1 Å². The van der Waals surface area contributed by atoms with Crippen LogP contribution in [-0.2, 0) is 11.3 Å². The zero-order valence-electron chi connectivity index (χ0n) is 14.6. The lowest BCUT2D eigenvalue weighted by Gasteiger charge is -2.22. The van der Waals surface area contributed by atoms with E-state index in [4.69, 9.17) is 0 Å². The van der Waals surface area contributed by atoms with Crippen LogP contribution >= 0.6 is 0 Å². The minimum absolute atomic E-state index is 0.186. The minimum atomic E-state index is 0.186. The Hall–Kier alpha value is -1.98. The summed E-state index contributed by atoms with van der Waals surface area (Å²) in [6.45, 7) is 5.53. The third-order valence-corrected chi connectivity index (χ3v) is 4.61. The van der Waals surface area contributed by atoms with Gasteiger partial charge in [-0.15, -0.1) is 0 Å². The van der Waals surface area contributed by atoms with Gasteiger partial charge in [0.05, 0.1) is 12.1 Å². The van der Waals surface area contributed by atoms with Gasteiger partial charge in [-0.2, -0.15) is 0 Å². The molecule has 1 saturated heterocycles. The molecule has 24 heavy (non-hydrogen) atoms. The summed E-state index contributed by atoms with van der Waals surface area (Å²) in [6.07, 6.45) is 2.94. The van der Waals surface area contributed by atoms with Crippen LogP contribution in [0.1, 0.15) is 12.0 Å². The summed E-state index contributed by atoms with van der Waals surface area (Å²) < 4.78 is 0. The second-order valence-electron chi connectivity index (χ2n) is 6.72. The molecule has 1 aromatic carbocycles. The van der Waals surface area contributed by atoms with E-state index in [-0.39, 0.29) is 5.91 Å². The highest BCUT2D eigenvalue weighted by Crippen LogP contribution is 2.16. The van der Waals surface area contributed by atoms with Gasteiger partial charge >= 0.3 is 0 Å². The fourth-order valence-corrected chi connectivity index (χ4v) is 3.15. The lowest BCUT2D eigenvalue weighted by atomic mass is 10.1. The zero-order chi connectivity index (χ0) is 16.9. The molecule has 128 valence electrons. The number of hydrogen-bond acceptors (Lipinski definition) is 4. The van der Waals surface area contributed by atoms with E-state index in [9.17, 15) is 4.79 Å². The van der Waals surface area contributed by atoms with E-state index < -0.39 is 0 Å². The molecule has 1 aliphatic heterocycles. The summed E-state index contributed by atoms with van der Waals surface area (Å²) >= 11 is 0. The number of amides is 1. The number of benzene rings is 1. The molecule has 1 aromatic heterocycles. The minimum Gasteiger partial charge on any atom is -0.348 e. The molecule has 0 N–H and O–H groups in total. The molecular weight excluding hydrogens is 300 g/mol. The van der Waals surface area contributed by atoms with Crippen LogP contribution in [0.3, 0.4) is 0 Å². The summed E-state index contributed by atoms with van der Waals surface area (Å²) in [6, 6.07) is 10.6. The van der Waals surface area contributed by atoms with Crippen molar-refractivity contribution in [3.63, 3.8) is 0 Å². The van der Waals surface area contributed by atoms with Crippen LogP contribution in [-0.4, -0.2) is 72.4 Å². The van der Waals surface area contributed by atoms with E-state index >= 15 is 0 Å². The maximum absolute atomic E-state index is 11.9. The third-order valence-electron chi connectivity index (χ3n) is 4.61. The largest absolute Gasteiger partial charge is 0.348 e. The molecule has 0 saturated carbocycles. The van der Waals surface area contributed by atoms with Crippen LogP contribution in [0.4, 0.5) is 0 Å². The Bertz CT molecular complexity index is 701. The topological polar surface area (TPSA) is 39.7 Å². The van der Waals surface area contributed by atoms with Gasteiger partial charge in [0.15, 0.2) is 0 Å². The van der Waals surface area contributed by atoms with Crippen LogP contribution in [0.2, 0.25) is 0 Å². The highest BCUT2D eigenvalue weighted by atomic mass is 16.2. The van der Waals surface area contributed by atoms with Crippen molar-refractivity contribution in [1.82, 2.24) is 19.7 Å². The van der Waals surface area contributed by atoms with Crippen molar-refractivity contribution in [1.29, 1.82) is 0 Å². The Kier molecular flexibility index (Phi) is 5.43. The maximum atomic E-state index is 11.9. The number of carbonyl (C=O) groups excluding carboxylic acids is 1. The number of pyridine rings is 1. The molecule has 0 radical (unpaired) electrons. The van der Waals surface area contributed by atoms with E-state index in [1.807, 2.05) is 26.4 Å². The van der Waals surface area contributed by atoms with Gasteiger partial charge in [0.25, 0.3) is 0 Å². The molecule has 1 fully saturated rings. The van der Waals surface area contributed by atoms with Gasteiger partial charge in [-0.3, -0.25) is 19.6 Å². The van der Waals surface area contributed by atoms with Crippen LogP contribution in [0.15, 0.2) is 36.5 Å². The molecule has 0 bridgehead atoms. The number of likely N-dealkylation sites (N-methyl/N-ethyl adjacent to an activating group) is 1. The summed E-state index contributed by atoms with van der Waals surface area (Å²) in [5.41, 5.74) is 2.37. The number of rotatable bonds is 4. The van der Waals surface area contributed by atoms with Crippen molar-refractivity contribution in [3.8, 4) is 0 Å². The first-order valence-electron chi connectivity index (χ1n) is 8.60. The molecule has 0 atom stereocenters. The summed E-state index contributed by atoms with van der Waals surface area (Å²) in [4.78, 5) is 22.7. The van der Waals surface area contributed by atoms with E-state index in [2.05, 4.69) is 39.0 Å². The predicted octanol–water partition coefficient (Wildman–Crippen LogP) is 1.83. The normalized spacial score (nSPS) is 16.9. The Morgan fingerprint density at radius 1 is 1.12 bits per heavy atom. The molecule has 1 amide bonds. The second kappa shape index (κ2) is 7.73. The van der Waals surface area contributed by atoms with Gasteiger partial charge in [0.2, 0.25) is 5.91 Å².